The van der Waals surface area contributed by atoms with Crippen molar-refractivity contribution < 1.29 is 13.2 Å². The van der Waals surface area contributed by atoms with Gasteiger partial charge in [-0.05, 0) is 86.3 Å². The molecule has 3 aromatic carbocycles. The maximum atomic E-state index is 12.7. The van der Waals surface area contributed by atoms with Crippen LogP contribution >= 0.6 is 0 Å². The molecule has 6 heteroatoms. The van der Waals surface area contributed by atoms with Gasteiger partial charge in [0.1, 0.15) is 0 Å². The maximum Gasteiger partial charge on any atom is 0.262 e. The van der Waals surface area contributed by atoms with Gasteiger partial charge < -0.3 is 5.32 Å². The van der Waals surface area contributed by atoms with E-state index in [2.05, 4.69) is 10.0 Å². The lowest BCUT2D eigenvalue weighted by atomic mass is 10.1. The quantitative estimate of drug-likeness (QED) is 0.626. The van der Waals surface area contributed by atoms with E-state index in [1.807, 2.05) is 45.0 Å². The van der Waals surface area contributed by atoms with Crippen LogP contribution in [0.15, 0.2) is 65.6 Å². The second kappa shape index (κ2) is 8.09. The van der Waals surface area contributed by atoms with E-state index >= 15 is 0 Å². The number of rotatable bonds is 5. The smallest absolute Gasteiger partial charge is 0.262 e. The molecule has 0 radical (unpaired) electrons. The molecule has 0 aliphatic rings. The van der Waals surface area contributed by atoms with Gasteiger partial charge in [0.25, 0.3) is 15.9 Å². The highest BCUT2D eigenvalue weighted by molar-refractivity contribution is 7.92. The molecule has 0 atom stereocenters. The standard InChI is InChI=1S/C23H24N2O3S/c1-15-8-9-17(3)22(14-15)29(27,28)25-20-12-10-19(11-13-20)23(26)24-21-7-5-6-16(2)18(21)4/h5-14,25H,1-4H3,(H,24,26). The van der Waals surface area contributed by atoms with Crippen molar-refractivity contribution >= 4 is 27.3 Å². The summed E-state index contributed by atoms with van der Waals surface area (Å²) in [5.74, 6) is -0.248. The molecule has 0 saturated heterocycles. The fourth-order valence-electron chi connectivity index (χ4n) is 2.98. The summed E-state index contributed by atoms with van der Waals surface area (Å²) in [5, 5.41) is 2.90. The number of carbonyl (C=O) groups excluding carboxylic acids is 1. The van der Waals surface area contributed by atoms with Gasteiger partial charge in [-0.3, -0.25) is 9.52 Å². The van der Waals surface area contributed by atoms with Crippen LogP contribution in [0.4, 0.5) is 11.4 Å². The van der Waals surface area contributed by atoms with Crippen LogP contribution in [-0.2, 0) is 10.0 Å². The average molecular weight is 409 g/mol. The molecule has 29 heavy (non-hydrogen) atoms. The van der Waals surface area contributed by atoms with E-state index < -0.39 is 10.0 Å². The zero-order valence-corrected chi connectivity index (χ0v) is 17.7. The molecule has 0 heterocycles. The number of nitrogens with one attached hydrogen (secondary N) is 2. The summed E-state index contributed by atoms with van der Waals surface area (Å²) in [7, 11) is -3.71. The highest BCUT2D eigenvalue weighted by Gasteiger charge is 2.17. The Morgan fingerprint density at radius 1 is 0.828 bits per heavy atom. The minimum absolute atomic E-state index is 0.245. The van der Waals surface area contributed by atoms with Crippen molar-refractivity contribution in [3.8, 4) is 0 Å². The Kier molecular flexibility index (Phi) is 5.75. The van der Waals surface area contributed by atoms with Gasteiger partial charge in [-0.25, -0.2) is 8.42 Å². The summed E-state index contributed by atoms with van der Waals surface area (Å²) in [6.07, 6.45) is 0. The monoisotopic (exact) mass is 408 g/mol. The van der Waals surface area contributed by atoms with Crippen LogP contribution in [0.1, 0.15) is 32.6 Å². The van der Waals surface area contributed by atoms with E-state index in [9.17, 15) is 13.2 Å². The molecule has 5 nitrogen and oxygen atoms in total. The predicted molar refractivity (Wildman–Crippen MR) is 117 cm³/mol. The Hall–Kier alpha value is -3.12. The number of benzene rings is 3. The first kappa shape index (κ1) is 20.6. The fourth-order valence-corrected chi connectivity index (χ4v) is 4.37. The molecule has 0 bridgehead atoms. The van der Waals surface area contributed by atoms with Crippen LogP contribution in [-0.4, -0.2) is 14.3 Å². The molecular weight excluding hydrogens is 384 g/mol. The first-order chi connectivity index (χ1) is 13.7. The van der Waals surface area contributed by atoms with Gasteiger partial charge in [0.2, 0.25) is 0 Å². The van der Waals surface area contributed by atoms with Gasteiger partial charge in [0, 0.05) is 16.9 Å². The summed E-state index contributed by atoms with van der Waals surface area (Å²) < 4.78 is 28.0. The minimum atomic E-state index is -3.71. The molecule has 0 saturated carbocycles. The molecule has 1 amide bonds. The van der Waals surface area contributed by atoms with Crippen LogP contribution in [0.3, 0.4) is 0 Å². The number of anilines is 2. The van der Waals surface area contributed by atoms with Gasteiger partial charge in [-0.1, -0.05) is 24.3 Å². The van der Waals surface area contributed by atoms with Crippen LogP contribution in [0.2, 0.25) is 0 Å². The summed E-state index contributed by atoms with van der Waals surface area (Å²) in [6.45, 7) is 7.55. The van der Waals surface area contributed by atoms with Gasteiger partial charge in [-0.2, -0.15) is 0 Å². The average Bonchev–Trinajstić information content (AvgIpc) is 2.67. The summed E-state index contributed by atoms with van der Waals surface area (Å²) in [4.78, 5) is 12.8. The number of amides is 1. The third-order valence-corrected chi connectivity index (χ3v) is 6.41. The fraction of sp³-hybridized carbons (Fsp3) is 0.174. The lowest BCUT2D eigenvalue weighted by Gasteiger charge is -2.12. The second-order valence-corrected chi connectivity index (χ2v) is 8.80. The molecule has 0 aliphatic carbocycles. The van der Waals surface area contributed by atoms with Crippen molar-refractivity contribution in [2.75, 3.05) is 10.0 Å². The third-order valence-electron chi connectivity index (χ3n) is 4.89. The Morgan fingerprint density at radius 2 is 1.52 bits per heavy atom. The summed E-state index contributed by atoms with van der Waals surface area (Å²) in [5.41, 5.74) is 5.25. The largest absolute Gasteiger partial charge is 0.322 e. The van der Waals surface area contributed by atoms with E-state index in [4.69, 9.17) is 0 Å². The Balaban J connectivity index is 1.77. The molecule has 2 N–H and O–H groups in total. The van der Waals surface area contributed by atoms with E-state index in [1.54, 1.807) is 43.3 Å². The van der Waals surface area contributed by atoms with Crippen molar-refractivity contribution in [1.82, 2.24) is 0 Å². The normalized spacial score (nSPS) is 11.2. The van der Waals surface area contributed by atoms with Crippen LogP contribution in [0.25, 0.3) is 0 Å². The highest BCUT2D eigenvalue weighted by Crippen LogP contribution is 2.22. The number of aryl methyl sites for hydroxylation is 3. The lowest BCUT2D eigenvalue weighted by Crippen LogP contribution is -2.15. The molecule has 0 aliphatic heterocycles. The number of carbonyl (C=O) groups is 1. The molecule has 0 unspecified atom stereocenters. The van der Waals surface area contributed by atoms with E-state index in [0.29, 0.717) is 16.8 Å². The zero-order valence-electron chi connectivity index (χ0n) is 16.9. The Labute approximate surface area is 171 Å². The molecule has 0 aromatic heterocycles. The second-order valence-electron chi connectivity index (χ2n) is 7.15. The first-order valence-electron chi connectivity index (χ1n) is 9.25. The Morgan fingerprint density at radius 3 is 2.21 bits per heavy atom. The highest BCUT2D eigenvalue weighted by atomic mass is 32.2. The predicted octanol–water partition coefficient (Wildman–Crippen LogP) is 4.97. The maximum absolute atomic E-state index is 12.7. The summed E-state index contributed by atoms with van der Waals surface area (Å²) in [6, 6.07) is 17.4. The molecule has 0 fully saturated rings. The lowest BCUT2D eigenvalue weighted by molar-refractivity contribution is 0.102. The van der Waals surface area contributed by atoms with Crippen LogP contribution in [0, 0.1) is 27.7 Å². The number of hydrogen-bond acceptors (Lipinski definition) is 3. The third kappa shape index (κ3) is 4.66. The SMILES string of the molecule is Cc1ccc(C)c(S(=O)(=O)Nc2ccc(C(=O)Nc3cccc(C)c3C)cc2)c1. The number of hydrogen-bond donors (Lipinski definition) is 2. The Bertz CT molecular complexity index is 1170. The van der Waals surface area contributed by atoms with E-state index in [-0.39, 0.29) is 10.8 Å². The van der Waals surface area contributed by atoms with Crippen LogP contribution in [0.5, 0.6) is 0 Å². The van der Waals surface area contributed by atoms with Gasteiger partial charge >= 0.3 is 0 Å². The van der Waals surface area contributed by atoms with Gasteiger partial charge in [0.05, 0.1) is 4.90 Å². The van der Waals surface area contributed by atoms with E-state index in [0.717, 1.165) is 22.4 Å². The van der Waals surface area contributed by atoms with Crippen molar-refractivity contribution in [2.45, 2.75) is 32.6 Å². The van der Waals surface area contributed by atoms with Crippen molar-refractivity contribution in [3.63, 3.8) is 0 Å². The van der Waals surface area contributed by atoms with Gasteiger partial charge in [-0.15, -0.1) is 0 Å². The molecule has 150 valence electrons. The van der Waals surface area contributed by atoms with Crippen LogP contribution < -0.4 is 10.0 Å². The van der Waals surface area contributed by atoms with Crippen molar-refractivity contribution in [3.05, 3.63) is 88.5 Å². The van der Waals surface area contributed by atoms with E-state index in [1.165, 1.54) is 0 Å². The number of sulfonamides is 1. The topological polar surface area (TPSA) is 75.3 Å². The molecule has 3 aromatic rings. The van der Waals surface area contributed by atoms with Gasteiger partial charge in [0.15, 0.2) is 0 Å². The molecular formula is C23H24N2O3S. The molecule has 3 rings (SSSR count). The summed E-state index contributed by atoms with van der Waals surface area (Å²) >= 11 is 0. The first-order valence-corrected chi connectivity index (χ1v) is 10.7. The minimum Gasteiger partial charge on any atom is -0.322 e. The molecule has 0 spiro atoms. The van der Waals surface area contributed by atoms with Crippen molar-refractivity contribution in [2.24, 2.45) is 0 Å². The zero-order chi connectivity index (χ0) is 21.2. The van der Waals surface area contributed by atoms with Crippen molar-refractivity contribution in [1.29, 1.82) is 0 Å².